The third kappa shape index (κ3) is 6.19. The number of amides is 2. The summed E-state index contributed by atoms with van der Waals surface area (Å²) in [5.41, 5.74) is 2.08. The molecule has 0 unspecified atom stereocenters. The summed E-state index contributed by atoms with van der Waals surface area (Å²) in [4.78, 5) is 23.2. The SMILES string of the molecule is CCc1ccc(S(=O)(=O)NCCNC(=O)c2ccc(NC(C)=O)cc2)cc1. The molecule has 2 amide bonds. The average molecular weight is 389 g/mol. The highest BCUT2D eigenvalue weighted by atomic mass is 32.2. The first kappa shape index (κ1) is 20.6. The van der Waals surface area contributed by atoms with Crippen molar-refractivity contribution in [2.24, 2.45) is 0 Å². The minimum atomic E-state index is -3.61. The van der Waals surface area contributed by atoms with Gasteiger partial charge in [-0.1, -0.05) is 19.1 Å². The number of anilines is 1. The smallest absolute Gasteiger partial charge is 0.251 e. The molecule has 7 nitrogen and oxygen atoms in total. The lowest BCUT2D eigenvalue weighted by Crippen LogP contribution is -2.34. The molecule has 144 valence electrons. The van der Waals surface area contributed by atoms with Crippen LogP contribution in [-0.4, -0.2) is 33.3 Å². The molecule has 2 aromatic rings. The zero-order chi connectivity index (χ0) is 19.9. The number of hydrogen-bond donors (Lipinski definition) is 3. The molecule has 27 heavy (non-hydrogen) atoms. The second kappa shape index (κ2) is 9.29. The molecule has 0 aliphatic rings. The van der Waals surface area contributed by atoms with E-state index in [2.05, 4.69) is 15.4 Å². The van der Waals surface area contributed by atoms with E-state index in [1.54, 1.807) is 48.5 Å². The van der Waals surface area contributed by atoms with E-state index in [1.165, 1.54) is 6.92 Å². The Balaban J connectivity index is 1.82. The van der Waals surface area contributed by atoms with E-state index < -0.39 is 10.0 Å². The molecule has 2 aromatic carbocycles. The first-order chi connectivity index (χ1) is 12.8. The number of benzene rings is 2. The van der Waals surface area contributed by atoms with Crippen molar-refractivity contribution < 1.29 is 18.0 Å². The topological polar surface area (TPSA) is 104 Å². The lowest BCUT2D eigenvalue weighted by Gasteiger charge is -2.09. The van der Waals surface area contributed by atoms with Gasteiger partial charge in [-0.15, -0.1) is 0 Å². The van der Waals surface area contributed by atoms with Crippen LogP contribution in [0.15, 0.2) is 53.4 Å². The largest absolute Gasteiger partial charge is 0.351 e. The van der Waals surface area contributed by atoms with Crippen molar-refractivity contribution >= 4 is 27.5 Å². The molecule has 0 radical (unpaired) electrons. The first-order valence-electron chi connectivity index (χ1n) is 8.56. The van der Waals surface area contributed by atoms with Crippen LogP contribution in [0.3, 0.4) is 0 Å². The van der Waals surface area contributed by atoms with E-state index in [0.29, 0.717) is 11.3 Å². The molecule has 0 atom stereocenters. The average Bonchev–Trinajstić information content (AvgIpc) is 2.65. The molecule has 0 saturated carbocycles. The number of carbonyl (C=O) groups excluding carboxylic acids is 2. The van der Waals surface area contributed by atoms with E-state index >= 15 is 0 Å². The Morgan fingerprint density at radius 1 is 0.926 bits per heavy atom. The summed E-state index contributed by atoms with van der Waals surface area (Å²) >= 11 is 0. The molecule has 8 heteroatoms. The van der Waals surface area contributed by atoms with Gasteiger partial charge < -0.3 is 10.6 Å². The molecule has 3 N–H and O–H groups in total. The highest BCUT2D eigenvalue weighted by Gasteiger charge is 2.13. The van der Waals surface area contributed by atoms with Crippen molar-refractivity contribution in [3.8, 4) is 0 Å². The molecule has 0 saturated heterocycles. The first-order valence-corrected chi connectivity index (χ1v) is 10.0. The zero-order valence-corrected chi connectivity index (χ0v) is 16.1. The Bertz CT molecular complexity index is 892. The molecular weight excluding hydrogens is 366 g/mol. The summed E-state index contributed by atoms with van der Waals surface area (Å²) in [6, 6.07) is 13.1. The van der Waals surface area contributed by atoms with Crippen LogP contribution in [0.1, 0.15) is 29.8 Å². The van der Waals surface area contributed by atoms with Crippen LogP contribution in [0.25, 0.3) is 0 Å². The lowest BCUT2D eigenvalue weighted by molar-refractivity contribution is -0.114. The minimum Gasteiger partial charge on any atom is -0.351 e. The van der Waals surface area contributed by atoms with Crippen molar-refractivity contribution in [1.29, 1.82) is 0 Å². The number of hydrogen-bond acceptors (Lipinski definition) is 4. The Labute approximate surface area is 159 Å². The van der Waals surface area contributed by atoms with Crippen LogP contribution in [0, 0.1) is 0 Å². The van der Waals surface area contributed by atoms with Crippen molar-refractivity contribution in [2.45, 2.75) is 25.2 Å². The Hall–Kier alpha value is -2.71. The predicted molar refractivity (Wildman–Crippen MR) is 104 cm³/mol. The fourth-order valence-corrected chi connectivity index (χ4v) is 3.39. The predicted octanol–water partition coefficient (Wildman–Crippen LogP) is 1.92. The maximum atomic E-state index is 12.2. The van der Waals surface area contributed by atoms with Gasteiger partial charge in [0.2, 0.25) is 15.9 Å². The summed E-state index contributed by atoms with van der Waals surface area (Å²) in [6.07, 6.45) is 0.839. The second-order valence-electron chi connectivity index (χ2n) is 5.91. The fraction of sp³-hybridized carbons (Fsp3) is 0.263. The molecule has 0 fully saturated rings. The van der Waals surface area contributed by atoms with E-state index in [9.17, 15) is 18.0 Å². The molecule has 0 aliphatic carbocycles. The highest BCUT2D eigenvalue weighted by molar-refractivity contribution is 7.89. The maximum Gasteiger partial charge on any atom is 0.251 e. The van der Waals surface area contributed by atoms with E-state index in [0.717, 1.165) is 12.0 Å². The number of rotatable bonds is 8. The number of carbonyl (C=O) groups is 2. The van der Waals surface area contributed by atoms with Crippen LogP contribution in [0.2, 0.25) is 0 Å². The van der Waals surface area contributed by atoms with Crippen LogP contribution in [0.4, 0.5) is 5.69 Å². The molecule has 0 aromatic heterocycles. The zero-order valence-electron chi connectivity index (χ0n) is 15.3. The molecule has 0 heterocycles. The quantitative estimate of drug-likeness (QED) is 0.600. The number of aryl methyl sites for hydroxylation is 1. The standard InChI is InChI=1S/C19H23N3O4S/c1-3-15-4-10-18(11-5-15)27(25,26)21-13-12-20-19(24)16-6-8-17(9-7-16)22-14(2)23/h4-11,21H,3,12-13H2,1-2H3,(H,20,24)(H,22,23). The van der Waals surface area contributed by atoms with E-state index in [-0.39, 0.29) is 29.8 Å². The van der Waals surface area contributed by atoms with Gasteiger partial charge >= 0.3 is 0 Å². The van der Waals surface area contributed by atoms with Crippen molar-refractivity contribution in [2.75, 3.05) is 18.4 Å². The van der Waals surface area contributed by atoms with Crippen molar-refractivity contribution in [3.05, 3.63) is 59.7 Å². The van der Waals surface area contributed by atoms with Gasteiger partial charge in [-0.3, -0.25) is 9.59 Å². The molecular formula is C19H23N3O4S. The third-order valence-electron chi connectivity index (χ3n) is 3.81. The Morgan fingerprint density at radius 3 is 2.11 bits per heavy atom. The van der Waals surface area contributed by atoms with E-state index in [1.807, 2.05) is 6.92 Å². The molecule has 0 spiro atoms. The third-order valence-corrected chi connectivity index (χ3v) is 5.29. The van der Waals surface area contributed by atoms with Gasteiger partial charge in [-0.05, 0) is 48.4 Å². The van der Waals surface area contributed by atoms with Gasteiger partial charge in [0, 0.05) is 31.3 Å². The summed E-state index contributed by atoms with van der Waals surface area (Å²) in [5.74, 6) is -0.514. The molecule has 0 aliphatic heterocycles. The Morgan fingerprint density at radius 2 is 1.56 bits per heavy atom. The van der Waals surface area contributed by atoms with Crippen LogP contribution in [-0.2, 0) is 21.2 Å². The second-order valence-corrected chi connectivity index (χ2v) is 7.68. The Kier molecular flexibility index (Phi) is 7.09. The van der Waals surface area contributed by atoms with Gasteiger partial charge in [-0.25, -0.2) is 13.1 Å². The normalized spacial score (nSPS) is 11.0. The number of sulfonamides is 1. The fourth-order valence-electron chi connectivity index (χ4n) is 2.36. The van der Waals surface area contributed by atoms with Crippen molar-refractivity contribution in [3.63, 3.8) is 0 Å². The van der Waals surface area contributed by atoms with Crippen LogP contribution < -0.4 is 15.4 Å². The van der Waals surface area contributed by atoms with Crippen LogP contribution in [0.5, 0.6) is 0 Å². The molecule has 0 bridgehead atoms. The summed E-state index contributed by atoms with van der Waals surface area (Å²) in [6.45, 7) is 3.63. The van der Waals surface area contributed by atoms with Gasteiger partial charge in [0.15, 0.2) is 0 Å². The van der Waals surface area contributed by atoms with E-state index in [4.69, 9.17) is 0 Å². The van der Waals surface area contributed by atoms with Gasteiger partial charge in [0.25, 0.3) is 5.91 Å². The monoisotopic (exact) mass is 389 g/mol. The van der Waals surface area contributed by atoms with Gasteiger partial charge in [-0.2, -0.15) is 0 Å². The summed E-state index contributed by atoms with van der Waals surface area (Å²) in [5, 5.41) is 5.26. The van der Waals surface area contributed by atoms with Crippen molar-refractivity contribution in [1.82, 2.24) is 10.0 Å². The van der Waals surface area contributed by atoms with Crippen LogP contribution >= 0.6 is 0 Å². The van der Waals surface area contributed by atoms with Gasteiger partial charge in [0.05, 0.1) is 4.90 Å². The maximum absolute atomic E-state index is 12.2. The van der Waals surface area contributed by atoms with Gasteiger partial charge in [0.1, 0.15) is 0 Å². The molecule has 2 rings (SSSR count). The lowest BCUT2D eigenvalue weighted by atomic mass is 10.2. The summed E-state index contributed by atoms with van der Waals surface area (Å²) < 4.78 is 26.9. The highest BCUT2D eigenvalue weighted by Crippen LogP contribution is 2.11. The number of nitrogens with one attached hydrogen (secondary N) is 3. The minimum absolute atomic E-state index is 0.0770. The summed E-state index contributed by atoms with van der Waals surface area (Å²) in [7, 11) is -3.61.